The zero-order chi connectivity index (χ0) is 15.0. The Morgan fingerprint density at radius 2 is 1.90 bits per heavy atom. The third-order valence-corrected chi connectivity index (χ3v) is 4.05. The van der Waals surface area contributed by atoms with Crippen molar-refractivity contribution in [1.82, 2.24) is 9.55 Å². The van der Waals surface area contributed by atoms with Crippen LogP contribution in [0.5, 0.6) is 11.5 Å². The van der Waals surface area contributed by atoms with Gasteiger partial charge in [-0.1, -0.05) is 15.9 Å². The van der Waals surface area contributed by atoms with Crippen molar-refractivity contribution >= 4 is 39.2 Å². The third kappa shape index (κ3) is 2.45. The van der Waals surface area contributed by atoms with Crippen LogP contribution in [0.2, 0.25) is 0 Å². The molecule has 0 aliphatic rings. The maximum absolute atomic E-state index is 5.47. The molecule has 4 nitrogen and oxygen atoms in total. The molecule has 0 bridgehead atoms. The summed E-state index contributed by atoms with van der Waals surface area (Å²) in [6, 6.07) is 11.7. The standard InChI is InChI=1S/C15H13BrN2O2S/c1-19-10-4-6-13(14(8-10)20-2)18-12-5-3-9(16)7-11(12)17-15(18)21/h3-8H,1-2H3,(H,17,21). The molecule has 108 valence electrons. The fraction of sp³-hybridized carbons (Fsp3) is 0.133. The molecule has 0 aliphatic carbocycles. The van der Waals surface area contributed by atoms with Gasteiger partial charge in [0.2, 0.25) is 0 Å². The molecule has 0 saturated carbocycles. The van der Waals surface area contributed by atoms with E-state index in [2.05, 4.69) is 20.9 Å². The molecule has 0 atom stereocenters. The lowest BCUT2D eigenvalue weighted by Gasteiger charge is -2.12. The molecule has 0 spiro atoms. The van der Waals surface area contributed by atoms with E-state index in [0.717, 1.165) is 26.9 Å². The van der Waals surface area contributed by atoms with Crippen LogP contribution in [0.25, 0.3) is 16.7 Å². The summed E-state index contributed by atoms with van der Waals surface area (Å²) in [5.74, 6) is 1.44. The number of benzene rings is 2. The van der Waals surface area contributed by atoms with Gasteiger partial charge in [-0.15, -0.1) is 0 Å². The van der Waals surface area contributed by atoms with Crippen LogP contribution in [0.4, 0.5) is 0 Å². The number of aromatic amines is 1. The number of aromatic nitrogens is 2. The maximum atomic E-state index is 5.47. The van der Waals surface area contributed by atoms with Crippen LogP contribution in [0.1, 0.15) is 0 Å². The predicted molar refractivity (Wildman–Crippen MR) is 89.3 cm³/mol. The Morgan fingerprint density at radius 1 is 1.10 bits per heavy atom. The monoisotopic (exact) mass is 364 g/mol. The van der Waals surface area contributed by atoms with Gasteiger partial charge in [0.05, 0.1) is 30.9 Å². The van der Waals surface area contributed by atoms with Crippen LogP contribution in [-0.4, -0.2) is 23.8 Å². The number of rotatable bonds is 3. The number of hydrogen-bond acceptors (Lipinski definition) is 3. The van der Waals surface area contributed by atoms with Gasteiger partial charge in [0.1, 0.15) is 11.5 Å². The minimum absolute atomic E-state index is 0.617. The molecule has 0 radical (unpaired) electrons. The van der Waals surface area contributed by atoms with E-state index < -0.39 is 0 Å². The first kappa shape index (κ1) is 14.2. The van der Waals surface area contributed by atoms with E-state index >= 15 is 0 Å². The van der Waals surface area contributed by atoms with E-state index in [-0.39, 0.29) is 0 Å². The fourth-order valence-electron chi connectivity index (χ4n) is 2.29. The first-order valence-electron chi connectivity index (χ1n) is 6.26. The van der Waals surface area contributed by atoms with Crippen LogP contribution in [0.15, 0.2) is 40.9 Å². The van der Waals surface area contributed by atoms with E-state index in [1.807, 2.05) is 41.0 Å². The molecule has 1 heterocycles. The quantitative estimate of drug-likeness (QED) is 0.697. The highest BCUT2D eigenvalue weighted by Gasteiger charge is 2.12. The summed E-state index contributed by atoms with van der Waals surface area (Å²) in [5.41, 5.74) is 2.83. The Bertz CT molecular complexity index is 870. The second kappa shape index (κ2) is 5.54. The van der Waals surface area contributed by atoms with E-state index in [0.29, 0.717) is 10.5 Å². The molecular formula is C15H13BrN2O2S. The molecule has 21 heavy (non-hydrogen) atoms. The van der Waals surface area contributed by atoms with Crippen LogP contribution < -0.4 is 9.47 Å². The molecular weight excluding hydrogens is 352 g/mol. The number of methoxy groups -OCH3 is 2. The van der Waals surface area contributed by atoms with Crippen LogP contribution in [0, 0.1) is 4.77 Å². The molecule has 0 aliphatic heterocycles. The van der Waals surface area contributed by atoms with Crippen LogP contribution in [-0.2, 0) is 0 Å². The number of halogens is 1. The zero-order valence-corrected chi connectivity index (χ0v) is 13.9. The molecule has 6 heteroatoms. The number of imidazole rings is 1. The molecule has 1 aromatic heterocycles. The van der Waals surface area contributed by atoms with Crippen molar-refractivity contribution < 1.29 is 9.47 Å². The first-order valence-corrected chi connectivity index (χ1v) is 7.47. The number of nitrogens with zero attached hydrogens (tertiary/aromatic N) is 1. The van der Waals surface area contributed by atoms with Gasteiger partial charge in [-0.2, -0.15) is 0 Å². The summed E-state index contributed by atoms with van der Waals surface area (Å²) in [6.45, 7) is 0. The van der Waals surface area contributed by atoms with E-state index in [1.165, 1.54) is 0 Å². The summed E-state index contributed by atoms with van der Waals surface area (Å²) in [5, 5.41) is 0. The summed E-state index contributed by atoms with van der Waals surface area (Å²) < 4.78 is 14.3. The van der Waals surface area contributed by atoms with Crippen molar-refractivity contribution in [3.63, 3.8) is 0 Å². The van der Waals surface area contributed by atoms with Crippen LogP contribution in [0.3, 0.4) is 0 Å². The molecule has 0 amide bonds. The largest absolute Gasteiger partial charge is 0.497 e. The van der Waals surface area contributed by atoms with E-state index in [9.17, 15) is 0 Å². The minimum atomic E-state index is 0.617. The van der Waals surface area contributed by atoms with Crippen molar-refractivity contribution in [2.24, 2.45) is 0 Å². The van der Waals surface area contributed by atoms with Gasteiger partial charge in [-0.3, -0.25) is 4.57 Å². The number of fused-ring (bicyclic) bond motifs is 1. The van der Waals surface area contributed by atoms with Crippen molar-refractivity contribution in [3.8, 4) is 17.2 Å². The SMILES string of the molecule is COc1ccc(-n2c(=S)[nH]c3cc(Br)ccc32)c(OC)c1. The third-order valence-electron chi connectivity index (χ3n) is 3.27. The Labute approximate surface area is 135 Å². The molecule has 0 unspecified atom stereocenters. The van der Waals surface area contributed by atoms with Crippen LogP contribution >= 0.6 is 28.1 Å². The summed E-state index contributed by atoms with van der Waals surface area (Å²) in [7, 11) is 3.26. The van der Waals surface area contributed by atoms with Crippen molar-refractivity contribution in [3.05, 3.63) is 45.6 Å². The molecule has 0 fully saturated rings. The average Bonchev–Trinajstić information content (AvgIpc) is 2.81. The number of hydrogen-bond donors (Lipinski definition) is 1. The highest BCUT2D eigenvalue weighted by atomic mass is 79.9. The lowest BCUT2D eigenvalue weighted by Crippen LogP contribution is -1.98. The number of ether oxygens (including phenoxy) is 2. The maximum Gasteiger partial charge on any atom is 0.182 e. The van der Waals surface area contributed by atoms with E-state index in [4.69, 9.17) is 21.7 Å². The summed E-state index contributed by atoms with van der Waals surface area (Å²) in [6.07, 6.45) is 0. The minimum Gasteiger partial charge on any atom is -0.497 e. The second-order valence-corrected chi connectivity index (χ2v) is 5.77. The zero-order valence-electron chi connectivity index (χ0n) is 11.5. The molecule has 3 aromatic rings. The summed E-state index contributed by atoms with van der Waals surface area (Å²) in [4.78, 5) is 3.21. The van der Waals surface area contributed by atoms with Gasteiger partial charge in [0.25, 0.3) is 0 Å². The van der Waals surface area contributed by atoms with Gasteiger partial charge in [0, 0.05) is 10.5 Å². The average molecular weight is 365 g/mol. The smallest absolute Gasteiger partial charge is 0.182 e. The van der Waals surface area contributed by atoms with Crippen molar-refractivity contribution in [1.29, 1.82) is 0 Å². The van der Waals surface area contributed by atoms with Gasteiger partial charge < -0.3 is 14.5 Å². The molecule has 2 aromatic carbocycles. The first-order chi connectivity index (χ1) is 10.1. The molecule has 0 saturated heterocycles. The fourth-order valence-corrected chi connectivity index (χ4v) is 2.96. The Morgan fingerprint density at radius 3 is 2.62 bits per heavy atom. The predicted octanol–water partition coefficient (Wildman–Crippen LogP) is 4.47. The van der Waals surface area contributed by atoms with Gasteiger partial charge in [-0.25, -0.2) is 0 Å². The molecule has 3 rings (SSSR count). The van der Waals surface area contributed by atoms with Crippen molar-refractivity contribution in [2.75, 3.05) is 14.2 Å². The lowest BCUT2D eigenvalue weighted by molar-refractivity contribution is 0.393. The Kier molecular flexibility index (Phi) is 3.73. The number of H-pyrrole nitrogens is 1. The van der Waals surface area contributed by atoms with Gasteiger partial charge in [0.15, 0.2) is 4.77 Å². The summed E-state index contributed by atoms with van der Waals surface area (Å²) >= 11 is 8.92. The molecule has 1 N–H and O–H groups in total. The van der Waals surface area contributed by atoms with Gasteiger partial charge >= 0.3 is 0 Å². The Hall–Kier alpha value is -1.79. The highest BCUT2D eigenvalue weighted by molar-refractivity contribution is 9.10. The topological polar surface area (TPSA) is 39.2 Å². The highest BCUT2D eigenvalue weighted by Crippen LogP contribution is 2.31. The normalized spacial score (nSPS) is 10.8. The lowest BCUT2D eigenvalue weighted by atomic mass is 10.2. The van der Waals surface area contributed by atoms with Crippen molar-refractivity contribution in [2.45, 2.75) is 0 Å². The van der Waals surface area contributed by atoms with E-state index in [1.54, 1.807) is 14.2 Å². The second-order valence-electron chi connectivity index (χ2n) is 4.46. The van der Waals surface area contributed by atoms with Gasteiger partial charge in [-0.05, 0) is 42.5 Å². The Balaban J connectivity index is 2.30. The number of nitrogens with one attached hydrogen (secondary N) is 1.